The standard InChI is InChI=1S/C13H17NO2/c1-13(2,12(15)16)8-10-7-9-5-3-4-6-11(9)14-10/h3-6,10,14H,7-8H2,1-2H3,(H,15,16). The minimum atomic E-state index is -0.731. The Hall–Kier alpha value is -1.51. The summed E-state index contributed by atoms with van der Waals surface area (Å²) in [5, 5.41) is 12.5. The van der Waals surface area contributed by atoms with Crippen LogP contribution in [0.3, 0.4) is 0 Å². The Labute approximate surface area is 95.5 Å². The summed E-state index contributed by atoms with van der Waals surface area (Å²) in [6, 6.07) is 8.39. The van der Waals surface area contributed by atoms with Crippen LogP contribution in [0.4, 0.5) is 5.69 Å². The molecule has 0 amide bonds. The van der Waals surface area contributed by atoms with Crippen LogP contribution in [0.2, 0.25) is 0 Å². The van der Waals surface area contributed by atoms with Crippen molar-refractivity contribution < 1.29 is 9.90 Å². The van der Waals surface area contributed by atoms with Gasteiger partial charge in [0.2, 0.25) is 0 Å². The highest BCUT2D eigenvalue weighted by Gasteiger charge is 2.33. The second-order valence-electron chi connectivity index (χ2n) is 5.10. The highest BCUT2D eigenvalue weighted by molar-refractivity contribution is 5.74. The maximum Gasteiger partial charge on any atom is 0.309 e. The van der Waals surface area contributed by atoms with Crippen LogP contribution >= 0.6 is 0 Å². The molecule has 3 nitrogen and oxygen atoms in total. The first-order valence-corrected chi connectivity index (χ1v) is 5.57. The van der Waals surface area contributed by atoms with Crippen LogP contribution in [0.5, 0.6) is 0 Å². The molecule has 0 spiro atoms. The molecular formula is C13H17NO2. The number of benzene rings is 1. The number of hydrogen-bond acceptors (Lipinski definition) is 2. The fourth-order valence-electron chi connectivity index (χ4n) is 2.20. The van der Waals surface area contributed by atoms with Crippen molar-refractivity contribution in [1.82, 2.24) is 0 Å². The third kappa shape index (κ3) is 2.03. The molecule has 3 heteroatoms. The van der Waals surface area contributed by atoms with E-state index in [9.17, 15) is 4.79 Å². The summed E-state index contributed by atoms with van der Waals surface area (Å²) in [7, 11) is 0. The smallest absolute Gasteiger partial charge is 0.309 e. The zero-order valence-electron chi connectivity index (χ0n) is 9.66. The molecule has 0 saturated heterocycles. The number of hydrogen-bond donors (Lipinski definition) is 2. The maximum absolute atomic E-state index is 11.1. The summed E-state index contributed by atoms with van der Waals surface area (Å²) in [5.41, 5.74) is 1.77. The van der Waals surface area contributed by atoms with Crippen molar-refractivity contribution in [2.24, 2.45) is 5.41 Å². The van der Waals surface area contributed by atoms with Gasteiger partial charge in [0.25, 0.3) is 0 Å². The number of para-hydroxylation sites is 1. The summed E-state index contributed by atoms with van der Waals surface area (Å²) in [5.74, 6) is -0.731. The molecule has 1 heterocycles. The van der Waals surface area contributed by atoms with E-state index in [0.29, 0.717) is 6.42 Å². The molecule has 1 aromatic rings. The Bertz CT molecular complexity index is 387. The molecule has 86 valence electrons. The van der Waals surface area contributed by atoms with Gasteiger partial charge in [-0.05, 0) is 38.3 Å². The maximum atomic E-state index is 11.1. The van der Waals surface area contributed by atoms with E-state index in [1.54, 1.807) is 13.8 Å². The van der Waals surface area contributed by atoms with E-state index in [2.05, 4.69) is 11.4 Å². The van der Waals surface area contributed by atoms with Crippen molar-refractivity contribution in [2.45, 2.75) is 32.7 Å². The van der Waals surface area contributed by atoms with Crippen LogP contribution in [0.1, 0.15) is 25.8 Å². The SMILES string of the molecule is CC(C)(CC1Cc2ccccc2N1)C(=O)O. The number of carbonyl (C=O) groups is 1. The van der Waals surface area contributed by atoms with Gasteiger partial charge in [-0.25, -0.2) is 0 Å². The number of carboxylic acids is 1. The molecule has 2 N–H and O–H groups in total. The van der Waals surface area contributed by atoms with Gasteiger partial charge < -0.3 is 10.4 Å². The lowest BCUT2D eigenvalue weighted by molar-refractivity contribution is -0.147. The highest BCUT2D eigenvalue weighted by Crippen LogP contribution is 2.32. The Morgan fingerprint density at radius 3 is 2.81 bits per heavy atom. The van der Waals surface area contributed by atoms with Crippen LogP contribution in [0, 0.1) is 5.41 Å². The van der Waals surface area contributed by atoms with Gasteiger partial charge in [-0.3, -0.25) is 4.79 Å². The van der Waals surface area contributed by atoms with Crippen molar-refractivity contribution in [2.75, 3.05) is 5.32 Å². The Morgan fingerprint density at radius 2 is 2.19 bits per heavy atom. The largest absolute Gasteiger partial charge is 0.481 e. The first kappa shape index (κ1) is 11.0. The second-order valence-corrected chi connectivity index (χ2v) is 5.10. The van der Waals surface area contributed by atoms with Crippen molar-refractivity contribution in [1.29, 1.82) is 0 Å². The van der Waals surface area contributed by atoms with Crippen molar-refractivity contribution >= 4 is 11.7 Å². The topological polar surface area (TPSA) is 49.3 Å². The number of aliphatic carboxylic acids is 1. The van der Waals surface area contributed by atoms with Crippen LogP contribution in [-0.4, -0.2) is 17.1 Å². The quantitative estimate of drug-likeness (QED) is 0.821. The molecule has 0 aromatic heterocycles. The van der Waals surface area contributed by atoms with Gasteiger partial charge in [-0.15, -0.1) is 0 Å². The molecule has 2 rings (SSSR count). The molecule has 0 bridgehead atoms. The predicted octanol–water partition coefficient (Wildman–Crippen LogP) is 2.52. The molecule has 1 aliphatic rings. The lowest BCUT2D eigenvalue weighted by Crippen LogP contribution is -2.31. The highest BCUT2D eigenvalue weighted by atomic mass is 16.4. The first-order chi connectivity index (χ1) is 7.49. The fourth-order valence-corrected chi connectivity index (χ4v) is 2.20. The van der Waals surface area contributed by atoms with Gasteiger partial charge in [0, 0.05) is 11.7 Å². The molecule has 0 radical (unpaired) electrons. The summed E-state index contributed by atoms with van der Waals surface area (Å²) in [6.45, 7) is 3.56. The normalized spacial score (nSPS) is 19.0. The molecule has 1 atom stereocenters. The lowest BCUT2D eigenvalue weighted by Gasteiger charge is -2.23. The minimum absolute atomic E-state index is 0.239. The van der Waals surface area contributed by atoms with E-state index in [-0.39, 0.29) is 6.04 Å². The number of anilines is 1. The molecule has 0 fully saturated rings. The Morgan fingerprint density at radius 1 is 1.50 bits per heavy atom. The molecule has 1 unspecified atom stereocenters. The van der Waals surface area contributed by atoms with E-state index in [1.807, 2.05) is 18.2 Å². The van der Waals surface area contributed by atoms with Gasteiger partial charge in [0.1, 0.15) is 0 Å². The zero-order valence-corrected chi connectivity index (χ0v) is 9.66. The third-order valence-electron chi connectivity index (χ3n) is 3.18. The summed E-state index contributed by atoms with van der Waals surface area (Å²) < 4.78 is 0. The van der Waals surface area contributed by atoms with Crippen molar-refractivity contribution in [3.05, 3.63) is 29.8 Å². The van der Waals surface area contributed by atoms with E-state index in [4.69, 9.17) is 5.11 Å². The fraction of sp³-hybridized carbons (Fsp3) is 0.462. The predicted molar refractivity (Wildman–Crippen MR) is 63.6 cm³/mol. The van der Waals surface area contributed by atoms with Crippen LogP contribution in [0.15, 0.2) is 24.3 Å². The van der Waals surface area contributed by atoms with Crippen LogP contribution < -0.4 is 5.32 Å². The van der Waals surface area contributed by atoms with Crippen LogP contribution in [0.25, 0.3) is 0 Å². The van der Waals surface area contributed by atoms with Gasteiger partial charge in [0.05, 0.1) is 5.41 Å². The van der Waals surface area contributed by atoms with E-state index in [0.717, 1.165) is 12.1 Å². The summed E-state index contributed by atoms with van der Waals surface area (Å²) in [4.78, 5) is 11.1. The third-order valence-corrected chi connectivity index (χ3v) is 3.18. The molecule has 0 aliphatic carbocycles. The summed E-state index contributed by atoms with van der Waals surface area (Å²) in [6.07, 6.45) is 1.57. The Balaban J connectivity index is 2.05. The average molecular weight is 219 g/mol. The minimum Gasteiger partial charge on any atom is -0.481 e. The molecule has 0 saturated carbocycles. The monoisotopic (exact) mass is 219 g/mol. The van der Waals surface area contributed by atoms with Gasteiger partial charge in [0.15, 0.2) is 0 Å². The number of carboxylic acid groups (broad SMARTS) is 1. The molecule has 16 heavy (non-hydrogen) atoms. The second kappa shape index (κ2) is 3.81. The zero-order chi connectivity index (χ0) is 11.8. The first-order valence-electron chi connectivity index (χ1n) is 5.57. The van der Waals surface area contributed by atoms with Crippen LogP contribution in [-0.2, 0) is 11.2 Å². The van der Waals surface area contributed by atoms with E-state index < -0.39 is 11.4 Å². The van der Waals surface area contributed by atoms with E-state index in [1.165, 1.54) is 5.56 Å². The number of nitrogens with one attached hydrogen (secondary N) is 1. The van der Waals surface area contributed by atoms with Gasteiger partial charge >= 0.3 is 5.97 Å². The number of fused-ring (bicyclic) bond motifs is 1. The number of rotatable bonds is 3. The van der Waals surface area contributed by atoms with Crippen molar-refractivity contribution in [3.8, 4) is 0 Å². The lowest BCUT2D eigenvalue weighted by atomic mass is 9.85. The molecule has 1 aliphatic heterocycles. The van der Waals surface area contributed by atoms with Gasteiger partial charge in [-0.2, -0.15) is 0 Å². The molecule has 1 aromatic carbocycles. The summed E-state index contributed by atoms with van der Waals surface area (Å²) >= 11 is 0. The van der Waals surface area contributed by atoms with Crippen molar-refractivity contribution in [3.63, 3.8) is 0 Å². The van der Waals surface area contributed by atoms with E-state index >= 15 is 0 Å². The average Bonchev–Trinajstić information content (AvgIpc) is 2.58. The van der Waals surface area contributed by atoms with Gasteiger partial charge in [-0.1, -0.05) is 18.2 Å². The molecular weight excluding hydrogens is 202 g/mol. The Kier molecular flexibility index (Phi) is 2.62.